The van der Waals surface area contributed by atoms with Gasteiger partial charge in [0.15, 0.2) is 0 Å². The van der Waals surface area contributed by atoms with Gasteiger partial charge in [0.1, 0.15) is 17.5 Å². The molecule has 4 aliphatic rings. The average Bonchev–Trinajstić information content (AvgIpc) is 3.25. The number of amides is 2. The van der Waals surface area contributed by atoms with Crippen molar-refractivity contribution in [2.24, 2.45) is 22.9 Å². The number of hydrogen-bond donors (Lipinski definition) is 3. The van der Waals surface area contributed by atoms with Gasteiger partial charge in [-0.15, -0.1) is 6.58 Å². The van der Waals surface area contributed by atoms with E-state index >= 15 is 0 Å². The predicted octanol–water partition coefficient (Wildman–Crippen LogP) is 7.38. The minimum absolute atomic E-state index is 0.000448. The first-order valence-electron chi connectivity index (χ1n) is 21.4. The van der Waals surface area contributed by atoms with Gasteiger partial charge in [0.2, 0.25) is 12.1 Å². The number of unbranched alkanes of at least 4 members (excludes halogenated alkanes) is 2. The van der Waals surface area contributed by atoms with E-state index in [9.17, 15) is 25.1 Å². The Morgan fingerprint density at radius 3 is 2.54 bits per heavy atom. The number of nitrogens with zero attached hydrogens (tertiary/aromatic N) is 3. The number of hydrogen-bond acceptors (Lipinski definition) is 11. The molecule has 59 heavy (non-hydrogen) atoms. The van der Waals surface area contributed by atoms with Crippen LogP contribution in [0.1, 0.15) is 112 Å². The third-order valence-electron chi connectivity index (χ3n) is 12.0. The second-order valence-electron chi connectivity index (χ2n) is 15.8. The molecule has 0 spiro atoms. The van der Waals surface area contributed by atoms with Crippen molar-refractivity contribution in [3.05, 3.63) is 83.5 Å². The first-order chi connectivity index (χ1) is 28.8. The topological polar surface area (TPSA) is 172 Å². The highest BCUT2D eigenvalue weighted by Gasteiger charge is 2.65. The van der Waals surface area contributed by atoms with Crippen molar-refractivity contribution in [3.63, 3.8) is 0 Å². The number of nitriles is 1. The average molecular weight is 813 g/mol. The van der Waals surface area contributed by atoms with E-state index in [0.717, 1.165) is 49.7 Å². The fourth-order valence-electron chi connectivity index (χ4n) is 9.41. The van der Waals surface area contributed by atoms with Crippen LogP contribution in [-0.2, 0) is 14.3 Å². The molecule has 2 aromatic rings. The molecule has 1 saturated heterocycles. The number of carbonyl (C=O) groups is 2. The lowest BCUT2D eigenvalue weighted by atomic mass is 9.55. The summed E-state index contributed by atoms with van der Waals surface area (Å²) in [7, 11) is 0. The summed E-state index contributed by atoms with van der Waals surface area (Å²) in [5.74, 6) is -1.53. The number of rotatable bonds is 19. The van der Waals surface area contributed by atoms with Crippen LogP contribution in [0, 0.1) is 29.1 Å². The Bertz CT molecular complexity index is 1850. The molecule has 2 heterocycles. The van der Waals surface area contributed by atoms with Gasteiger partial charge in [-0.05, 0) is 112 Å². The Balaban J connectivity index is 1.59. The quantitative estimate of drug-likeness (QED) is 0.0739. The summed E-state index contributed by atoms with van der Waals surface area (Å²) >= 11 is 0. The van der Waals surface area contributed by atoms with Crippen LogP contribution in [0.3, 0.4) is 0 Å². The van der Waals surface area contributed by atoms with Crippen molar-refractivity contribution in [2.45, 2.75) is 109 Å². The number of oxime groups is 1. The monoisotopic (exact) mass is 812 g/mol. The lowest BCUT2D eigenvalue weighted by molar-refractivity contribution is -0.254. The standard InChI is InChI=1S/C46H60N4O9/c1-4-22-50(44(53)32-18-16-31(30-47)17-19-32)40-29-38(49-59-41-15-9-12-26-55-41)36-27-33(13-7-10-23-51)35(14-8-11-24-52)42-37-28-34(57-45(54)48-6-3)20-21-39(37)58-46(40,43(36)42)56-25-5-2/h5,16-21,27-28,33,35,40-43,51-52H,2,4,6-15,22-26,29H2,1,3H3,(H,48,54). The number of carbonyl (C=O) groups excluding carboxylic acids is 2. The van der Waals surface area contributed by atoms with Gasteiger partial charge in [-0.3, -0.25) is 4.79 Å². The Hall–Kier alpha value is -4.74. The number of aliphatic hydroxyl groups excluding tert-OH is 2. The van der Waals surface area contributed by atoms with Crippen molar-refractivity contribution in [1.29, 1.82) is 5.26 Å². The molecule has 7 atom stereocenters. The summed E-state index contributed by atoms with van der Waals surface area (Å²) < 4.78 is 26.1. The SMILES string of the molecule is C=CCOC12Oc3ccc(OC(=O)NCC)cc3C3C(CCCCO)C(CCCCO)C=C(C(=NOC4CCCCO4)CC1N(CCC)C(=O)c1ccc(C#N)cc1)C32. The van der Waals surface area contributed by atoms with Crippen molar-refractivity contribution < 1.29 is 43.6 Å². The maximum absolute atomic E-state index is 14.9. The van der Waals surface area contributed by atoms with Crippen LogP contribution in [0.4, 0.5) is 4.79 Å². The lowest BCUT2D eigenvalue weighted by Crippen LogP contribution is -2.70. The van der Waals surface area contributed by atoms with Crippen molar-refractivity contribution in [1.82, 2.24) is 10.2 Å². The van der Waals surface area contributed by atoms with Crippen molar-refractivity contribution in [3.8, 4) is 17.6 Å². The Labute approximate surface area is 348 Å². The zero-order valence-corrected chi connectivity index (χ0v) is 34.5. The smallest absolute Gasteiger partial charge is 0.412 e. The molecule has 2 aromatic carbocycles. The van der Waals surface area contributed by atoms with Crippen LogP contribution >= 0.6 is 0 Å². The number of benzene rings is 2. The molecular weight excluding hydrogens is 753 g/mol. The van der Waals surface area contributed by atoms with Crippen LogP contribution in [0.2, 0.25) is 0 Å². The Morgan fingerprint density at radius 1 is 1.08 bits per heavy atom. The summed E-state index contributed by atoms with van der Waals surface area (Å²) in [5.41, 5.74) is 3.30. The van der Waals surface area contributed by atoms with E-state index < -0.39 is 30.1 Å². The Kier molecular flexibility index (Phi) is 15.6. The highest BCUT2D eigenvalue weighted by Crippen LogP contribution is 2.62. The second-order valence-corrected chi connectivity index (χ2v) is 15.8. The lowest BCUT2D eigenvalue weighted by Gasteiger charge is -2.60. The van der Waals surface area contributed by atoms with E-state index in [1.807, 2.05) is 30.9 Å². The van der Waals surface area contributed by atoms with Gasteiger partial charge in [-0.25, -0.2) is 4.79 Å². The van der Waals surface area contributed by atoms with E-state index in [0.29, 0.717) is 73.7 Å². The van der Waals surface area contributed by atoms with Crippen LogP contribution in [0.5, 0.6) is 11.5 Å². The van der Waals surface area contributed by atoms with Gasteiger partial charge in [-0.1, -0.05) is 37.1 Å². The molecule has 2 amide bonds. The molecule has 13 nitrogen and oxygen atoms in total. The molecule has 6 rings (SSSR count). The normalized spacial score (nSPS) is 26.3. The Morgan fingerprint density at radius 2 is 1.86 bits per heavy atom. The van der Waals surface area contributed by atoms with Gasteiger partial charge in [0, 0.05) is 56.2 Å². The van der Waals surface area contributed by atoms with E-state index in [1.165, 1.54) is 0 Å². The number of allylic oxidation sites excluding steroid dienone is 1. The second kappa shape index (κ2) is 21.0. The zero-order chi connectivity index (χ0) is 41.8. The molecule has 2 aliphatic heterocycles. The number of ether oxygens (including phenoxy) is 4. The van der Waals surface area contributed by atoms with Crippen LogP contribution in [-0.4, -0.2) is 90.5 Å². The summed E-state index contributed by atoms with van der Waals surface area (Å²) in [6.45, 7) is 9.50. The molecule has 2 fully saturated rings. The maximum Gasteiger partial charge on any atom is 0.412 e. The van der Waals surface area contributed by atoms with Gasteiger partial charge in [0.25, 0.3) is 5.91 Å². The minimum atomic E-state index is -1.44. The molecule has 0 radical (unpaired) electrons. The molecule has 0 bridgehead atoms. The van der Waals surface area contributed by atoms with E-state index in [-0.39, 0.29) is 49.9 Å². The summed E-state index contributed by atoms with van der Waals surface area (Å²) in [6, 6.07) is 13.5. The molecular formula is C46H60N4O9. The molecule has 318 valence electrons. The highest BCUT2D eigenvalue weighted by molar-refractivity contribution is 6.03. The van der Waals surface area contributed by atoms with Gasteiger partial charge in [-0.2, -0.15) is 5.26 Å². The summed E-state index contributed by atoms with van der Waals surface area (Å²) in [4.78, 5) is 35.7. The van der Waals surface area contributed by atoms with Gasteiger partial charge < -0.3 is 44.2 Å². The van der Waals surface area contributed by atoms with Gasteiger partial charge >= 0.3 is 6.09 Å². The summed E-state index contributed by atoms with van der Waals surface area (Å²) in [5, 5.41) is 36.9. The first-order valence-corrected chi connectivity index (χ1v) is 21.4. The van der Waals surface area contributed by atoms with Crippen molar-refractivity contribution >= 4 is 17.7 Å². The third-order valence-corrected chi connectivity index (χ3v) is 12.0. The van der Waals surface area contributed by atoms with E-state index in [2.05, 4.69) is 24.0 Å². The van der Waals surface area contributed by atoms with Crippen LogP contribution in [0.15, 0.2) is 71.9 Å². The third kappa shape index (κ3) is 9.84. The number of nitrogens with one attached hydrogen (secondary N) is 1. The fourth-order valence-corrected chi connectivity index (χ4v) is 9.41. The fraction of sp³-hybridized carbons (Fsp3) is 0.565. The zero-order valence-electron chi connectivity index (χ0n) is 34.5. The van der Waals surface area contributed by atoms with E-state index in [4.69, 9.17) is 28.9 Å². The molecule has 0 aromatic heterocycles. The summed E-state index contributed by atoms with van der Waals surface area (Å²) in [6.07, 6.45) is 10.8. The maximum atomic E-state index is 14.9. The first kappa shape index (κ1) is 43.8. The van der Waals surface area contributed by atoms with E-state index in [1.54, 1.807) is 36.4 Å². The van der Waals surface area contributed by atoms with Crippen LogP contribution in [0.25, 0.3) is 0 Å². The molecule has 13 heteroatoms. The highest BCUT2D eigenvalue weighted by atomic mass is 16.8. The van der Waals surface area contributed by atoms with Gasteiger partial charge in [0.05, 0.1) is 36.5 Å². The number of fused-ring (bicyclic) bond motifs is 2. The molecule has 2 aliphatic carbocycles. The predicted molar refractivity (Wildman–Crippen MR) is 222 cm³/mol. The number of aliphatic hydroxyl groups is 2. The molecule has 3 N–H and O–H groups in total. The van der Waals surface area contributed by atoms with Crippen molar-refractivity contribution in [2.75, 3.05) is 39.5 Å². The largest absolute Gasteiger partial charge is 0.459 e. The van der Waals surface area contributed by atoms with Crippen LogP contribution < -0.4 is 14.8 Å². The minimum Gasteiger partial charge on any atom is -0.459 e. The molecule has 7 unspecified atom stereocenters. The molecule has 1 saturated carbocycles.